The van der Waals surface area contributed by atoms with Crippen molar-refractivity contribution in [2.45, 2.75) is 47.5 Å². The van der Waals surface area contributed by atoms with Crippen LogP contribution in [-0.4, -0.2) is 25.2 Å². The van der Waals surface area contributed by atoms with Crippen LogP contribution in [0.25, 0.3) is 0 Å². The molecule has 80 valence electrons. The molecule has 13 heavy (non-hydrogen) atoms. The van der Waals surface area contributed by atoms with Crippen molar-refractivity contribution in [1.82, 2.24) is 0 Å². The SMILES string of the molecule is CC[P+](C)(CC)CCCC(C)(C)C. The number of hydrogen-bond donors (Lipinski definition) is 0. The second kappa shape index (κ2) is 5.35. The molecule has 0 bridgehead atoms. The second-order valence-electron chi connectivity index (χ2n) is 5.64. The fourth-order valence-electron chi connectivity index (χ4n) is 1.53. The molecule has 0 aromatic carbocycles. The molecule has 0 nitrogen and oxygen atoms in total. The summed E-state index contributed by atoms with van der Waals surface area (Å²) < 4.78 is 0. The molecule has 0 saturated carbocycles. The summed E-state index contributed by atoms with van der Waals surface area (Å²) in [5.74, 6) is 0. The van der Waals surface area contributed by atoms with Gasteiger partial charge < -0.3 is 0 Å². The quantitative estimate of drug-likeness (QED) is 0.577. The molecule has 0 fully saturated rings. The molecule has 0 atom stereocenters. The summed E-state index contributed by atoms with van der Waals surface area (Å²) in [6.07, 6.45) is 7.22. The summed E-state index contributed by atoms with van der Waals surface area (Å²) in [5.41, 5.74) is 0.534. The van der Waals surface area contributed by atoms with Crippen LogP contribution in [0.5, 0.6) is 0 Å². The maximum atomic E-state index is 2.54. The lowest BCUT2D eigenvalue weighted by atomic mass is 9.91. The molecule has 0 aliphatic heterocycles. The molecule has 0 aromatic rings. The summed E-state index contributed by atoms with van der Waals surface area (Å²) in [5, 5.41) is 0. The Morgan fingerprint density at radius 3 is 1.77 bits per heavy atom. The van der Waals surface area contributed by atoms with Gasteiger partial charge in [-0.1, -0.05) is 20.8 Å². The highest BCUT2D eigenvalue weighted by Crippen LogP contribution is 2.55. The molecule has 0 aliphatic carbocycles. The third-order valence-corrected chi connectivity index (χ3v) is 7.60. The third-order valence-electron chi connectivity index (χ3n) is 3.15. The molecule has 0 amide bonds. The molecule has 0 heterocycles. The largest absolute Gasteiger partial charge is 0.0602 e. The lowest BCUT2D eigenvalue weighted by molar-refractivity contribution is 0.374. The van der Waals surface area contributed by atoms with E-state index in [1.165, 1.54) is 31.3 Å². The lowest BCUT2D eigenvalue weighted by Crippen LogP contribution is -2.09. The maximum Gasteiger partial charge on any atom is 0.0591 e. The fourth-order valence-corrected chi connectivity index (χ4v) is 3.53. The van der Waals surface area contributed by atoms with E-state index in [2.05, 4.69) is 41.3 Å². The van der Waals surface area contributed by atoms with Gasteiger partial charge in [0.1, 0.15) is 0 Å². The van der Waals surface area contributed by atoms with E-state index in [9.17, 15) is 0 Å². The zero-order valence-electron chi connectivity index (χ0n) is 10.5. The Kier molecular flexibility index (Phi) is 5.52. The molecule has 0 spiro atoms. The minimum Gasteiger partial charge on any atom is -0.0602 e. The highest BCUT2D eigenvalue weighted by molar-refractivity contribution is 7.75. The zero-order chi connectivity index (χ0) is 10.5. The first-order valence-corrected chi connectivity index (χ1v) is 8.46. The van der Waals surface area contributed by atoms with Gasteiger partial charge in [-0.2, -0.15) is 0 Å². The van der Waals surface area contributed by atoms with Gasteiger partial charge in [0.2, 0.25) is 0 Å². The van der Waals surface area contributed by atoms with Gasteiger partial charge in [0, 0.05) is 13.9 Å². The van der Waals surface area contributed by atoms with Gasteiger partial charge in [-0.05, 0) is 32.1 Å². The molecular weight excluding hydrogens is 175 g/mol. The van der Waals surface area contributed by atoms with Crippen LogP contribution in [0, 0.1) is 5.41 Å². The van der Waals surface area contributed by atoms with E-state index in [0.29, 0.717) is 5.41 Å². The van der Waals surface area contributed by atoms with Crippen molar-refractivity contribution >= 4 is 7.26 Å². The molecule has 0 rings (SSSR count). The fraction of sp³-hybridized carbons (Fsp3) is 1.00. The van der Waals surface area contributed by atoms with Gasteiger partial charge in [-0.15, -0.1) is 0 Å². The van der Waals surface area contributed by atoms with Gasteiger partial charge in [-0.25, -0.2) is 0 Å². The average molecular weight is 203 g/mol. The number of hydrogen-bond acceptors (Lipinski definition) is 0. The maximum absolute atomic E-state index is 2.54. The van der Waals surface area contributed by atoms with Crippen LogP contribution >= 0.6 is 7.26 Å². The predicted molar refractivity (Wildman–Crippen MR) is 67.5 cm³/mol. The van der Waals surface area contributed by atoms with Crippen LogP contribution in [0.1, 0.15) is 47.5 Å². The summed E-state index contributed by atoms with van der Waals surface area (Å²) in [6.45, 7) is 14.3. The Labute approximate surface area is 85.8 Å². The van der Waals surface area contributed by atoms with Crippen molar-refractivity contribution < 1.29 is 0 Å². The minimum atomic E-state index is -0.517. The van der Waals surface area contributed by atoms with Crippen molar-refractivity contribution in [3.63, 3.8) is 0 Å². The van der Waals surface area contributed by atoms with E-state index in [1.54, 1.807) is 0 Å². The van der Waals surface area contributed by atoms with Crippen LogP contribution in [0.4, 0.5) is 0 Å². The van der Waals surface area contributed by atoms with Crippen LogP contribution in [0.2, 0.25) is 0 Å². The topological polar surface area (TPSA) is 0 Å². The lowest BCUT2D eigenvalue weighted by Gasteiger charge is -2.23. The minimum absolute atomic E-state index is 0.517. The molecule has 1 heteroatoms. The Hall–Kier alpha value is 0.430. The van der Waals surface area contributed by atoms with Crippen LogP contribution < -0.4 is 0 Å². The van der Waals surface area contributed by atoms with Gasteiger partial charge >= 0.3 is 0 Å². The van der Waals surface area contributed by atoms with Crippen molar-refractivity contribution in [3.05, 3.63) is 0 Å². The van der Waals surface area contributed by atoms with Crippen LogP contribution in [0.3, 0.4) is 0 Å². The van der Waals surface area contributed by atoms with Crippen LogP contribution in [0.15, 0.2) is 0 Å². The first kappa shape index (κ1) is 13.4. The van der Waals surface area contributed by atoms with Crippen molar-refractivity contribution in [1.29, 1.82) is 0 Å². The van der Waals surface area contributed by atoms with E-state index in [-0.39, 0.29) is 0 Å². The van der Waals surface area contributed by atoms with Crippen molar-refractivity contribution in [2.24, 2.45) is 5.41 Å². The van der Waals surface area contributed by atoms with Crippen molar-refractivity contribution in [2.75, 3.05) is 25.2 Å². The summed E-state index contributed by atoms with van der Waals surface area (Å²) in [7, 11) is -0.517. The molecular formula is C12H28P+. The molecule has 0 radical (unpaired) electrons. The smallest absolute Gasteiger partial charge is 0.0591 e. The summed E-state index contributed by atoms with van der Waals surface area (Å²) >= 11 is 0. The summed E-state index contributed by atoms with van der Waals surface area (Å²) in [4.78, 5) is 0. The Bertz CT molecular complexity index is 129. The van der Waals surface area contributed by atoms with E-state index in [0.717, 1.165) is 0 Å². The number of rotatable bonds is 5. The highest BCUT2D eigenvalue weighted by Gasteiger charge is 2.26. The molecule has 0 unspecified atom stereocenters. The van der Waals surface area contributed by atoms with Gasteiger partial charge in [0.05, 0.1) is 18.5 Å². The molecule has 0 aliphatic rings. The Balaban J connectivity index is 3.74. The van der Waals surface area contributed by atoms with Gasteiger partial charge in [0.25, 0.3) is 0 Å². The molecule has 0 N–H and O–H groups in total. The molecule has 0 aromatic heterocycles. The average Bonchev–Trinajstić information content (AvgIpc) is 2.02. The Morgan fingerprint density at radius 1 is 1.00 bits per heavy atom. The van der Waals surface area contributed by atoms with E-state index < -0.39 is 7.26 Å². The van der Waals surface area contributed by atoms with E-state index >= 15 is 0 Å². The Morgan fingerprint density at radius 2 is 1.46 bits per heavy atom. The first-order valence-electron chi connectivity index (χ1n) is 5.66. The second-order valence-corrected chi connectivity index (χ2v) is 10.6. The zero-order valence-corrected chi connectivity index (χ0v) is 11.4. The first-order chi connectivity index (χ1) is 5.83. The van der Waals surface area contributed by atoms with E-state index in [1.807, 2.05) is 0 Å². The normalized spacial score (nSPS) is 13.4. The third kappa shape index (κ3) is 6.49. The monoisotopic (exact) mass is 203 g/mol. The van der Waals surface area contributed by atoms with E-state index in [4.69, 9.17) is 0 Å². The predicted octanol–water partition coefficient (Wildman–Crippen LogP) is 4.50. The van der Waals surface area contributed by atoms with Gasteiger partial charge in [-0.3, -0.25) is 0 Å². The molecule has 0 saturated heterocycles. The van der Waals surface area contributed by atoms with Crippen LogP contribution in [-0.2, 0) is 0 Å². The summed E-state index contributed by atoms with van der Waals surface area (Å²) in [6, 6.07) is 0. The van der Waals surface area contributed by atoms with Gasteiger partial charge in [0.15, 0.2) is 0 Å². The highest BCUT2D eigenvalue weighted by atomic mass is 31.2. The van der Waals surface area contributed by atoms with Crippen molar-refractivity contribution in [3.8, 4) is 0 Å². The standard InChI is InChI=1S/C12H28P/c1-7-13(6,8-2)11-9-10-12(3,4)5/h7-11H2,1-6H3/q+1.